The number of methoxy groups -OCH3 is 1. The minimum atomic E-state index is -0.823. The van der Waals surface area contributed by atoms with Gasteiger partial charge < -0.3 is 15.2 Å². The van der Waals surface area contributed by atoms with Gasteiger partial charge in [0.15, 0.2) is 0 Å². The first kappa shape index (κ1) is 11.3. The Hall–Kier alpha value is -1.78. The van der Waals surface area contributed by atoms with Crippen molar-refractivity contribution in [3.8, 4) is 5.88 Å². The van der Waals surface area contributed by atoms with Gasteiger partial charge in [-0.2, -0.15) is 0 Å². The minimum absolute atomic E-state index is 0.0740. The van der Waals surface area contributed by atoms with E-state index in [0.717, 1.165) is 5.69 Å². The average Bonchev–Trinajstić information content (AvgIpc) is 2.16. The summed E-state index contributed by atoms with van der Waals surface area (Å²) in [7, 11) is 1.53. The second-order valence-electron chi connectivity index (χ2n) is 3.23. The van der Waals surface area contributed by atoms with E-state index >= 15 is 0 Å². The lowest BCUT2D eigenvalue weighted by Crippen LogP contribution is -2.19. The van der Waals surface area contributed by atoms with E-state index in [4.69, 9.17) is 9.84 Å². The van der Waals surface area contributed by atoms with E-state index in [9.17, 15) is 4.79 Å². The molecular formula is C10H14N2O3. The molecule has 1 atom stereocenters. The van der Waals surface area contributed by atoms with E-state index in [1.807, 2.05) is 0 Å². The fourth-order valence-corrected chi connectivity index (χ4v) is 1.21. The molecule has 1 aromatic heterocycles. The van der Waals surface area contributed by atoms with E-state index in [0.29, 0.717) is 5.88 Å². The first-order valence-electron chi connectivity index (χ1n) is 4.60. The number of hydrogen-bond acceptors (Lipinski definition) is 4. The lowest BCUT2D eigenvalue weighted by atomic mass is 10.2. The number of nitrogens with one attached hydrogen (secondary N) is 1. The predicted molar refractivity (Wildman–Crippen MR) is 56.1 cm³/mol. The number of aromatic nitrogens is 1. The number of carbonyl (C=O) groups is 1. The molecule has 5 heteroatoms. The zero-order chi connectivity index (χ0) is 11.3. The highest BCUT2D eigenvalue weighted by atomic mass is 16.5. The Morgan fingerprint density at radius 1 is 1.73 bits per heavy atom. The third kappa shape index (κ3) is 3.84. The van der Waals surface area contributed by atoms with E-state index in [1.165, 1.54) is 7.11 Å². The van der Waals surface area contributed by atoms with Gasteiger partial charge in [0.25, 0.3) is 0 Å². The van der Waals surface area contributed by atoms with E-state index in [2.05, 4.69) is 10.3 Å². The smallest absolute Gasteiger partial charge is 0.305 e. The Balaban J connectivity index is 2.59. The van der Waals surface area contributed by atoms with Gasteiger partial charge in [-0.1, -0.05) is 0 Å². The van der Waals surface area contributed by atoms with Crippen molar-refractivity contribution in [2.75, 3.05) is 12.4 Å². The fourth-order valence-electron chi connectivity index (χ4n) is 1.21. The molecule has 0 amide bonds. The minimum Gasteiger partial charge on any atom is -0.481 e. The summed E-state index contributed by atoms with van der Waals surface area (Å²) < 4.78 is 4.95. The molecule has 1 aromatic rings. The molecule has 0 aliphatic carbocycles. The third-order valence-electron chi connectivity index (χ3n) is 1.84. The highest BCUT2D eigenvalue weighted by Crippen LogP contribution is 2.14. The van der Waals surface area contributed by atoms with E-state index < -0.39 is 5.97 Å². The Morgan fingerprint density at radius 2 is 2.47 bits per heavy atom. The van der Waals surface area contributed by atoms with Crippen molar-refractivity contribution < 1.29 is 14.6 Å². The Bertz CT molecular complexity index is 341. The first-order chi connectivity index (χ1) is 7.11. The largest absolute Gasteiger partial charge is 0.481 e. The predicted octanol–water partition coefficient (Wildman–Crippen LogP) is 1.37. The maximum Gasteiger partial charge on any atom is 0.305 e. The highest BCUT2D eigenvalue weighted by Gasteiger charge is 2.07. The van der Waals surface area contributed by atoms with Crippen molar-refractivity contribution in [3.63, 3.8) is 0 Å². The molecule has 0 saturated heterocycles. The summed E-state index contributed by atoms with van der Waals surface area (Å²) in [6.45, 7) is 1.81. The summed E-state index contributed by atoms with van der Waals surface area (Å²) in [6, 6.07) is 3.36. The number of carboxylic acids is 1. The summed E-state index contributed by atoms with van der Waals surface area (Å²) in [4.78, 5) is 14.4. The number of nitrogens with zero attached hydrogens (tertiary/aromatic N) is 1. The number of aliphatic carboxylic acids is 1. The average molecular weight is 210 g/mol. The van der Waals surface area contributed by atoms with Gasteiger partial charge in [-0.05, 0) is 13.0 Å². The molecule has 0 saturated carbocycles. The molecule has 0 aromatic carbocycles. The van der Waals surface area contributed by atoms with Crippen LogP contribution in [0.4, 0.5) is 5.69 Å². The molecule has 15 heavy (non-hydrogen) atoms. The highest BCUT2D eigenvalue weighted by molar-refractivity contribution is 5.68. The van der Waals surface area contributed by atoms with Crippen molar-refractivity contribution in [3.05, 3.63) is 18.3 Å². The Morgan fingerprint density at radius 3 is 3.07 bits per heavy atom. The zero-order valence-corrected chi connectivity index (χ0v) is 8.73. The van der Waals surface area contributed by atoms with Gasteiger partial charge >= 0.3 is 5.97 Å². The molecule has 5 nitrogen and oxygen atoms in total. The lowest BCUT2D eigenvalue weighted by Gasteiger charge is -2.13. The maximum atomic E-state index is 10.4. The van der Waals surface area contributed by atoms with Crippen molar-refractivity contribution in [2.45, 2.75) is 19.4 Å². The molecule has 2 N–H and O–H groups in total. The van der Waals surface area contributed by atoms with Crippen LogP contribution in [0.2, 0.25) is 0 Å². The van der Waals surface area contributed by atoms with Crippen molar-refractivity contribution in [2.24, 2.45) is 0 Å². The molecular weight excluding hydrogens is 196 g/mol. The lowest BCUT2D eigenvalue weighted by molar-refractivity contribution is -0.137. The van der Waals surface area contributed by atoms with Gasteiger partial charge in [0, 0.05) is 24.0 Å². The molecule has 0 aliphatic heterocycles. The number of rotatable bonds is 5. The van der Waals surface area contributed by atoms with Gasteiger partial charge in [0.2, 0.25) is 5.88 Å². The van der Waals surface area contributed by atoms with Crippen molar-refractivity contribution in [1.29, 1.82) is 0 Å². The number of hydrogen-bond donors (Lipinski definition) is 2. The molecule has 0 bridgehead atoms. The van der Waals surface area contributed by atoms with Crippen LogP contribution in [0, 0.1) is 0 Å². The van der Waals surface area contributed by atoms with Crippen LogP contribution < -0.4 is 10.1 Å². The fraction of sp³-hybridized carbons (Fsp3) is 0.400. The number of carboxylic acid groups (broad SMARTS) is 1. The Labute approximate surface area is 88.1 Å². The zero-order valence-electron chi connectivity index (χ0n) is 8.73. The SMILES string of the molecule is COc1cc(NC(C)CC(=O)O)ccn1. The molecule has 0 radical (unpaired) electrons. The van der Waals surface area contributed by atoms with Crippen LogP contribution in [-0.4, -0.2) is 29.2 Å². The normalized spacial score (nSPS) is 11.9. The molecule has 0 aliphatic rings. The van der Waals surface area contributed by atoms with Crippen LogP contribution in [0.25, 0.3) is 0 Å². The van der Waals surface area contributed by atoms with Crippen LogP contribution in [0.5, 0.6) is 5.88 Å². The summed E-state index contributed by atoms with van der Waals surface area (Å²) in [5.41, 5.74) is 0.801. The van der Waals surface area contributed by atoms with Crippen LogP contribution in [0.15, 0.2) is 18.3 Å². The standard InChI is InChI=1S/C10H14N2O3/c1-7(5-10(13)14)12-8-3-4-11-9(6-8)15-2/h3-4,6-7H,5H2,1-2H3,(H,11,12)(H,13,14). The van der Waals surface area contributed by atoms with Gasteiger partial charge in [-0.25, -0.2) is 4.98 Å². The summed E-state index contributed by atoms with van der Waals surface area (Å²) >= 11 is 0. The van der Waals surface area contributed by atoms with Gasteiger partial charge in [-0.3, -0.25) is 4.79 Å². The quantitative estimate of drug-likeness (QED) is 0.767. The molecule has 1 rings (SSSR count). The second-order valence-corrected chi connectivity index (χ2v) is 3.23. The summed E-state index contributed by atoms with van der Waals surface area (Å²) in [5, 5.41) is 11.6. The molecule has 1 unspecified atom stereocenters. The number of ether oxygens (including phenoxy) is 1. The van der Waals surface area contributed by atoms with Gasteiger partial charge in [0.05, 0.1) is 13.5 Å². The van der Waals surface area contributed by atoms with Crippen LogP contribution in [0.3, 0.4) is 0 Å². The van der Waals surface area contributed by atoms with Gasteiger partial charge in [0.1, 0.15) is 0 Å². The van der Waals surface area contributed by atoms with Gasteiger partial charge in [-0.15, -0.1) is 0 Å². The first-order valence-corrected chi connectivity index (χ1v) is 4.60. The number of anilines is 1. The Kier molecular flexibility index (Phi) is 3.91. The van der Waals surface area contributed by atoms with Crippen LogP contribution in [-0.2, 0) is 4.79 Å². The third-order valence-corrected chi connectivity index (χ3v) is 1.84. The topological polar surface area (TPSA) is 71.5 Å². The van der Waals surface area contributed by atoms with E-state index in [1.54, 1.807) is 25.3 Å². The molecule has 0 spiro atoms. The van der Waals surface area contributed by atoms with Crippen LogP contribution >= 0.6 is 0 Å². The summed E-state index contributed by atoms with van der Waals surface area (Å²) in [5.74, 6) is -0.321. The van der Waals surface area contributed by atoms with Crippen molar-refractivity contribution >= 4 is 11.7 Å². The summed E-state index contributed by atoms with van der Waals surface area (Å²) in [6.07, 6.45) is 1.68. The molecule has 82 valence electrons. The monoisotopic (exact) mass is 210 g/mol. The maximum absolute atomic E-state index is 10.4. The number of pyridine rings is 1. The molecule has 0 fully saturated rings. The molecule has 1 heterocycles. The second kappa shape index (κ2) is 5.19. The van der Waals surface area contributed by atoms with Crippen LogP contribution in [0.1, 0.15) is 13.3 Å². The van der Waals surface area contributed by atoms with E-state index in [-0.39, 0.29) is 12.5 Å². The van der Waals surface area contributed by atoms with Crippen molar-refractivity contribution in [1.82, 2.24) is 4.98 Å².